The molecule has 1 heterocycles. The average molecular weight is 302 g/mol. The van der Waals surface area contributed by atoms with Gasteiger partial charge >= 0.3 is 0 Å². The first kappa shape index (κ1) is 16.3. The van der Waals surface area contributed by atoms with Crippen molar-refractivity contribution in [2.75, 3.05) is 13.2 Å². The number of hydrogen-bond donors (Lipinski definition) is 0. The molecule has 0 aliphatic carbocycles. The van der Waals surface area contributed by atoms with Crippen LogP contribution in [-0.2, 0) is 9.53 Å². The molecule has 0 bridgehead atoms. The van der Waals surface area contributed by atoms with E-state index in [2.05, 4.69) is 13.0 Å². The van der Waals surface area contributed by atoms with Crippen molar-refractivity contribution in [1.82, 2.24) is 4.90 Å². The van der Waals surface area contributed by atoms with Gasteiger partial charge < -0.3 is 14.4 Å². The van der Waals surface area contributed by atoms with Crippen molar-refractivity contribution in [1.29, 1.82) is 5.26 Å². The van der Waals surface area contributed by atoms with E-state index < -0.39 is 6.10 Å². The van der Waals surface area contributed by atoms with E-state index in [1.807, 2.05) is 11.8 Å². The molecule has 3 atom stereocenters. The molecule has 5 nitrogen and oxygen atoms in total. The monoisotopic (exact) mass is 302 g/mol. The topological polar surface area (TPSA) is 62.6 Å². The van der Waals surface area contributed by atoms with Crippen molar-refractivity contribution in [3.63, 3.8) is 0 Å². The third kappa shape index (κ3) is 3.77. The summed E-state index contributed by atoms with van der Waals surface area (Å²) in [4.78, 5) is 14.5. The summed E-state index contributed by atoms with van der Waals surface area (Å²) in [6.07, 6.45) is 0.350. The smallest absolute Gasteiger partial charge is 0.263 e. The van der Waals surface area contributed by atoms with E-state index in [-0.39, 0.29) is 18.1 Å². The number of carbonyl (C=O) groups is 1. The molecule has 0 unspecified atom stereocenters. The van der Waals surface area contributed by atoms with Crippen LogP contribution in [0.25, 0.3) is 0 Å². The van der Waals surface area contributed by atoms with E-state index in [1.54, 1.807) is 31.2 Å². The number of amides is 1. The number of morpholine rings is 1. The lowest BCUT2D eigenvalue weighted by Crippen LogP contribution is -2.54. The SMILES string of the molecule is CC[C@@H]1CO[C@@H](C)CN1C(=O)[C@H](C)Oc1ccc(C#N)cc1. The molecule has 5 heteroatoms. The molecule has 2 rings (SSSR count). The van der Waals surface area contributed by atoms with Crippen LogP contribution in [0.5, 0.6) is 5.75 Å². The Kier molecular flexibility index (Phi) is 5.40. The van der Waals surface area contributed by atoms with Gasteiger partial charge in [0.1, 0.15) is 5.75 Å². The lowest BCUT2D eigenvalue weighted by Gasteiger charge is -2.39. The number of hydrogen-bond acceptors (Lipinski definition) is 4. The molecule has 0 saturated carbocycles. The fourth-order valence-corrected chi connectivity index (χ4v) is 2.55. The first-order valence-electron chi connectivity index (χ1n) is 7.64. The Morgan fingerprint density at radius 1 is 1.50 bits per heavy atom. The van der Waals surface area contributed by atoms with Crippen LogP contribution in [0.15, 0.2) is 24.3 Å². The second-order valence-corrected chi connectivity index (χ2v) is 5.59. The van der Waals surface area contributed by atoms with Gasteiger partial charge in [0.2, 0.25) is 0 Å². The van der Waals surface area contributed by atoms with Gasteiger partial charge in [-0.05, 0) is 44.5 Å². The highest BCUT2D eigenvalue weighted by atomic mass is 16.5. The minimum absolute atomic E-state index is 0.0219. The number of carbonyl (C=O) groups excluding carboxylic acids is 1. The molecule has 1 aliphatic heterocycles. The molecule has 1 aromatic rings. The lowest BCUT2D eigenvalue weighted by atomic mass is 10.1. The molecule has 1 saturated heterocycles. The maximum Gasteiger partial charge on any atom is 0.263 e. The third-order valence-corrected chi connectivity index (χ3v) is 3.87. The molecule has 0 spiro atoms. The number of benzene rings is 1. The number of ether oxygens (including phenoxy) is 2. The zero-order chi connectivity index (χ0) is 16.1. The summed E-state index contributed by atoms with van der Waals surface area (Å²) >= 11 is 0. The second kappa shape index (κ2) is 7.28. The summed E-state index contributed by atoms with van der Waals surface area (Å²) in [6.45, 7) is 6.95. The van der Waals surface area contributed by atoms with Crippen molar-refractivity contribution in [3.8, 4) is 11.8 Å². The molecule has 118 valence electrons. The van der Waals surface area contributed by atoms with Crippen LogP contribution in [0.2, 0.25) is 0 Å². The highest BCUT2D eigenvalue weighted by Gasteiger charge is 2.32. The van der Waals surface area contributed by atoms with Crippen LogP contribution < -0.4 is 4.74 Å². The first-order chi connectivity index (χ1) is 10.5. The summed E-state index contributed by atoms with van der Waals surface area (Å²) in [5, 5.41) is 8.79. The number of nitriles is 1. The predicted octanol–water partition coefficient (Wildman–Crippen LogP) is 2.35. The van der Waals surface area contributed by atoms with E-state index in [0.29, 0.717) is 24.5 Å². The van der Waals surface area contributed by atoms with E-state index in [4.69, 9.17) is 14.7 Å². The van der Waals surface area contributed by atoms with Gasteiger partial charge in [0, 0.05) is 6.54 Å². The van der Waals surface area contributed by atoms with Crippen LogP contribution in [0.1, 0.15) is 32.8 Å². The van der Waals surface area contributed by atoms with Gasteiger partial charge in [0.05, 0.1) is 30.4 Å². The van der Waals surface area contributed by atoms with Gasteiger partial charge in [-0.2, -0.15) is 5.26 Å². The molecule has 0 aromatic heterocycles. The Morgan fingerprint density at radius 2 is 2.18 bits per heavy atom. The molecular formula is C17H22N2O3. The summed E-state index contributed by atoms with van der Waals surface area (Å²) in [5.74, 6) is 0.570. The van der Waals surface area contributed by atoms with E-state index in [1.165, 1.54) is 0 Å². The summed E-state index contributed by atoms with van der Waals surface area (Å²) in [5.41, 5.74) is 0.569. The average Bonchev–Trinajstić information content (AvgIpc) is 2.54. The molecular weight excluding hydrogens is 280 g/mol. The summed E-state index contributed by atoms with van der Waals surface area (Å²) in [6, 6.07) is 8.94. The summed E-state index contributed by atoms with van der Waals surface area (Å²) in [7, 11) is 0. The fraction of sp³-hybridized carbons (Fsp3) is 0.529. The van der Waals surface area contributed by atoms with E-state index in [9.17, 15) is 4.79 Å². The minimum atomic E-state index is -0.563. The number of rotatable bonds is 4. The molecule has 22 heavy (non-hydrogen) atoms. The van der Waals surface area contributed by atoms with Crippen LogP contribution in [0, 0.1) is 11.3 Å². The van der Waals surface area contributed by atoms with Gasteiger partial charge in [0.15, 0.2) is 6.10 Å². The Hall–Kier alpha value is -2.06. The largest absolute Gasteiger partial charge is 0.481 e. The van der Waals surface area contributed by atoms with Crippen molar-refractivity contribution >= 4 is 5.91 Å². The highest BCUT2D eigenvalue weighted by molar-refractivity contribution is 5.81. The fourth-order valence-electron chi connectivity index (χ4n) is 2.55. The quantitative estimate of drug-likeness (QED) is 0.856. The van der Waals surface area contributed by atoms with Gasteiger partial charge in [-0.3, -0.25) is 4.79 Å². The van der Waals surface area contributed by atoms with Gasteiger partial charge in [0.25, 0.3) is 5.91 Å². The maximum atomic E-state index is 12.6. The van der Waals surface area contributed by atoms with E-state index >= 15 is 0 Å². The minimum Gasteiger partial charge on any atom is -0.481 e. The normalized spacial score (nSPS) is 22.7. The van der Waals surface area contributed by atoms with E-state index in [0.717, 1.165) is 6.42 Å². The molecule has 0 radical (unpaired) electrons. The Labute approximate surface area is 131 Å². The molecule has 1 aromatic carbocycles. The Balaban J connectivity index is 2.02. The predicted molar refractivity (Wildman–Crippen MR) is 82.5 cm³/mol. The second-order valence-electron chi connectivity index (χ2n) is 5.59. The van der Waals surface area contributed by atoms with Crippen LogP contribution >= 0.6 is 0 Å². The molecule has 0 N–H and O–H groups in total. The lowest BCUT2D eigenvalue weighted by molar-refractivity contribution is -0.151. The standard InChI is InChI=1S/C17H22N2O3/c1-4-15-11-21-12(2)10-19(15)17(20)13(3)22-16-7-5-14(9-18)6-8-16/h5-8,12-13,15H,4,10-11H2,1-3H3/t12-,13-,15+/m0/s1. The van der Waals surface area contributed by atoms with Crippen molar-refractivity contribution in [2.24, 2.45) is 0 Å². The first-order valence-corrected chi connectivity index (χ1v) is 7.64. The Morgan fingerprint density at radius 3 is 2.77 bits per heavy atom. The van der Waals surface area contributed by atoms with Crippen molar-refractivity contribution < 1.29 is 14.3 Å². The van der Waals surface area contributed by atoms with Crippen LogP contribution in [0.3, 0.4) is 0 Å². The Bertz CT molecular complexity index is 550. The van der Waals surface area contributed by atoms with Crippen molar-refractivity contribution in [2.45, 2.75) is 45.4 Å². The summed E-state index contributed by atoms with van der Waals surface area (Å²) < 4.78 is 11.3. The third-order valence-electron chi connectivity index (χ3n) is 3.87. The van der Waals surface area contributed by atoms with Crippen LogP contribution in [-0.4, -0.2) is 42.2 Å². The zero-order valence-corrected chi connectivity index (χ0v) is 13.3. The highest BCUT2D eigenvalue weighted by Crippen LogP contribution is 2.19. The molecule has 1 aliphatic rings. The van der Waals surface area contributed by atoms with Crippen LogP contribution in [0.4, 0.5) is 0 Å². The molecule has 1 amide bonds. The maximum absolute atomic E-state index is 12.6. The van der Waals surface area contributed by atoms with Crippen molar-refractivity contribution in [3.05, 3.63) is 29.8 Å². The van der Waals surface area contributed by atoms with Gasteiger partial charge in [-0.15, -0.1) is 0 Å². The number of nitrogens with zero attached hydrogens (tertiary/aromatic N) is 2. The van der Waals surface area contributed by atoms with Gasteiger partial charge in [-0.25, -0.2) is 0 Å². The zero-order valence-electron chi connectivity index (χ0n) is 13.3. The van der Waals surface area contributed by atoms with Gasteiger partial charge in [-0.1, -0.05) is 6.92 Å². The molecule has 1 fully saturated rings.